The summed E-state index contributed by atoms with van der Waals surface area (Å²) in [5, 5.41) is 5.67. The quantitative estimate of drug-likeness (QED) is 0.774. The van der Waals surface area contributed by atoms with E-state index in [-0.39, 0.29) is 18.4 Å². The normalized spacial score (nSPS) is 9.72. The van der Waals surface area contributed by atoms with E-state index < -0.39 is 0 Å². The monoisotopic (exact) mass is 250 g/mol. The molecule has 1 rings (SSSR count). The molecule has 1 amide bonds. The number of esters is 1. The number of hydrogen-bond acceptors (Lipinski definition) is 4. The van der Waals surface area contributed by atoms with Crippen LogP contribution in [0, 0.1) is 6.92 Å². The van der Waals surface area contributed by atoms with E-state index in [4.69, 9.17) is 0 Å². The first kappa shape index (κ1) is 14.0. The minimum Gasteiger partial charge on any atom is -0.468 e. The molecule has 0 radical (unpaired) electrons. The van der Waals surface area contributed by atoms with Crippen LogP contribution in [-0.2, 0) is 9.53 Å². The highest BCUT2D eigenvalue weighted by molar-refractivity contribution is 5.95. The Morgan fingerprint density at radius 2 is 2.06 bits per heavy atom. The Balaban J connectivity index is 2.81. The van der Waals surface area contributed by atoms with Crippen LogP contribution in [0.5, 0.6) is 0 Å². The Kier molecular flexibility index (Phi) is 5.17. The van der Waals surface area contributed by atoms with Crippen molar-refractivity contribution in [3.63, 3.8) is 0 Å². The van der Waals surface area contributed by atoms with E-state index >= 15 is 0 Å². The number of nitrogens with one attached hydrogen (secondary N) is 2. The summed E-state index contributed by atoms with van der Waals surface area (Å²) >= 11 is 0. The number of rotatable bonds is 5. The van der Waals surface area contributed by atoms with Gasteiger partial charge in [-0.15, -0.1) is 0 Å². The molecule has 0 atom stereocenters. The molecule has 0 fully saturated rings. The third-order valence-electron chi connectivity index (χ3n) is 2.49. The molecule has 2 N–H and O–H groups in total. The van der Waals surface area contributed by atoms with Crippen LogP contribution >= 0.6 is 0 Å². The second-order valence-corrected chi connectivity index (χ2v) is 3.82. The van der Waals surface area contributed by atoms with Gasteiger partial charge in [-0.05, 0) is 31.5 Å². The largest absolute Gasteiger partial charge is 0.468 e. The predicted octanol–water partition coefficient (Wildman–Crippen LogP) is 1.33. The molecule has 0 saturated heterocycles. The van der Waals surface area contributed by atoms with Gasteiger partial charge in [0.1, 0.15) is 6.54 Å². The van der Waals surface area contributed by atoms with Gasteiger partial charge in [0, 0.05) is 17.8 Å². The molecule has 1 aromatic rings. The molecular weight excluding hydrogens is 232 g/mol. The van der Waals surface area contributed by atoms with Crippen molar-refractivity contribution in [2.45, 2.75) is 13.8 Å². The number of carbonyl (C=O) groups excluding carboxylic acids is 2. The number of benzene rings is 1. The molecule has 0 unspecified atom stereocenters. The van der Waals surface area contributed by atoms with E-state index in [0.717, 1.165) is 11.3 Å². The molecule has 0 spiro atoms. The van der Waals surface area contributed by atoms with Crippen LogP contribution in [0.3, 0.4) is 0 Å². The van der Waals surface area contributed by atoms with Crippen molar-refractivity contribution in [3.05, 3.63) is 29.3 Å². The average molecular weight is 250 g/mol. The summed E-state index contributed by atoms with van der Waals surface area (Å²) in [5.41, 5.74) is 2.28. The summed E-state index contributed by atoms with van der Waals surface area (Å²) in [7, 11) is 1.34. The minimum absolute atomic E-state index is 0.0796. The number of hydrogen-bond donors (Lipinski definition) is 2. The molecule has 0 saturated carbocycles. The van der Waals surface area contributed by atoms with Gasteiger partial charge in [-0.1, -0.05) is 6.07 Å². The lowest BCUT2D eigenvalue weighted by Crippen LogP contribution is -2.23. The van der Waals surface area contributed by atoms with Gasteiger partial charge in [0.2, 0.25) is 0 Å². The van der Waals surface area contributed by atoms with Crippen LogP contribution in [0.2, 0.25) is 0 Å². The van der Waals surface area contributed by atoms with Crippen LogP contribution in [0.25, 0.3) is 0 Å². The second kappa shape index (κ2) is 6.64. The minimum atomic E-state index is -0.349. The summed E-state index contributed by atoms with van der Waals surface area (Å²) in [6, 6.07) is 5.32. The first-order valence-electron chi connectivity index (χ1n) is 5.78. The van der Waals surface area contributed by atoms with Crippen molar-refractivity contribution in [1.29, 1.82) is 0 Å². The zero-order valence-corrected chi connectivity index (χ0v) is 10.9. The van der Waals surface area contributed by atoms with Gasteiger partial charge in [-0.2, -0.15) is 0 Å². The zero-order chi connectivity index (χ0) is 13.5. The maximum Gasteiger partial charge on any atom is 0.325 e. The van der Waals surface area contributed by atoms with Crippen LogP contribution in [0.1, 0.15) is 22.8 Å². The van der Waals surface area contributed by atoms with Crippen LogP contribution in [-0.4, -0.2) is 32.1 Å². The van der Waals surface area contributed by atoms with Gasteiger partial charge < -0.3 is 15.4 Å². The van der Waals surface area contributed by atoms with Gasteiger partial charge in [0.25, 0.3) is 5.91 Å². The first-order valence-corrected chi connectivity index (χ1v) is 5.78. The Morgan fingerprint density at radius 1 is 1.33 bits per heavy atom. The maximum absolute atomic E-state index is 11.7. The molecule has 0 aliphatic carbocycles. The Hall–Kier alpha value is -2.04. The Labute approximate surface area is 107 Å². The molecule has 0 aromatic heterocycles. The third kappa shape index (κ3) is 3.76. The topological polar surface area (TPSA) is 67.4 Å². The molecule has 98 valence electrons. The average Bonchev–Trinajstić information content (AvgIpc) is 2.37. The third-order valence-corrected chi connectivity index (χ3v) is 2.49. The molecule has 5 nitrogen and oxygen atoms in total. The number of anilines is 1. The summed E-state index contributed by atoms with van der Waals surface area (Å²) in [6.45, 7) is 4.43. The highest BCUT2D eigenvalue weighted by Crippen LogP contribution is 2.16. The first-order chi connectivity index (χ1) is 8.58. The van der Waals surface area contributed by atoms with Crippen molar-refractivity contribution in [3.8, 4) is 0 Å². The van der Waals surface area contributed by atoms with Crippen molar-refractivity contribution >= 4 is 17.6 Å². The fraction of sp³-hybridized carbons (Fsp3) is 0.385. The Bertz CT molecular complexity index is 444. The van der Waals surface area contributed by atoms with E-state index in [2.05, 4.69) is 15.4 Å². The van der Waals surface area contributed by atoms with E-state index in [0.29, 0.717) is 12.1 Å². The van der Waals surface area contributed by atoms with Gasteiger partial charge >= 0.3 is 5.97 Å². The number of carbonyl (C=O) groups is 2. The van der Waals surface area contributed by atoms with Gasteiger partial charge in [0.05, 0.1) is 7.11 Å². The standard InChI is InChI=1S/C13H18N2O3/c1-4-14-13(17)10-6-5-9(2)11(7-10)15-8-12(16)18-3/h5-7,15H,4,8H2,1-3H3,(H,14,17). The fourth-order valence-electron chi connectivity index (χ4n) is 1.46. The van der Waals surface area contributed by atoms with E-state index in [1.54, 1.807) is 12.1 Å². The summed E-state index contributed by atoms with van der Waals surface area (Å²) in [4.78, 5) is 22.7. The molecule has 0 bridgehead atoms. The molecule has 5 heteroatoms. The number of ether oxygens (including phenoxy) is 1. The number of amides is 1. The fourth-order valence-corrected chi connectivity index (χ4v) is 1.46. The second-order valence-electron chi connectivity index (χ2n) is 3.82. The van der Waals surface area contributed by atoms with Gasteiger partial charge in [-0.3, -0.25) is 9.59 Å². The van der Waals surface area contributed by atoms with E-state index in [1.165, 1.54) is 7.11 Å². The molecule has 0 aliphatic rings. The molecule has 0 aliphatic heterocycles. The molecule has 18 heavy (non-hydrogen) atoms. The maximum atomic E-state index is 11.7. The highest BCUT2D eigenvalue weighted by atomic mass is 16.5. The van der Waals surface area contributed by atoms with Crippen molar-refractivity contribution in [1.82, 2.24) is 5.32 Å². The summed E-state index contributed by atoms with van der Waals surface area (Å²) < 4.78 is 4.55. The Morgan fingerprint density at radius 3 is 2.67 bits per heavy atom. The number of aryl methyl sites for hydroxylation is 1. The van der Waals surface area contributed by atoms with Crippen molar-refractivity contribution in [2.24, 2.45) is 0 Å². The summed E-state index contributed by atoms with van der Waals surface area (Å²) in [6.07, 6.45) is 0. The van der Waals surface area contributed by atoms with Crippen LogP contribution in [0.15, 0.2) is 18.2 Å². The summed E-state index contributed by atoms with van der Waals surface area (Å²) in [5.74, 6) is -0.476. The molecule has 0 heterocycles. The van der Waals surface area contributed by atoms with E-state index in [9.17, 15) is 9.59 Å². The molecule has 1 aromatic carbocycles. The SMILES string of the molecule is CCNC(=O)c1ccc(C)c(NCC(=O)OC)c1. The smallest absolute Gasteiger partial charge is 0.325 e. The van der Waals surface area contributed by atoms with Crippen LogP contribution < -0.4 is 10.6 Å². The zero-order valence-electron chi connectivity index (χ0n) is 10.9. The number of methoxy groups -OCH3 is 1. The van der Waals surface area contributed by atoms with Gasteiger partial charge in [-0.25, -0.2) is 0 Å². The lowest BCUT2D eigenvalue weighted by Gasteiger charge is -2.10. The van der Waals surface area contributed by atoms with Crippen molar-refractivity contribution < 1.29 is 14.3 Å². The van der Waals surface area contributed by atoms with Crippen molar-refractivity contribution in [2.75, 3.05) is 25.5 Å². The van der Waals surface area contributed by atoms with Gasteiger partial charge in [0.15, 0.2) is 0 Å². The van der Waals surface area contributed by atoms with Crippen LogP contribution in [0.4, 0.5) is 5.69 Å². The molecular formula is C13H18N2O3. The lowest BCUT2D eigenvalue weighted by atomic mass is 10.1. The van der Waals surface area contributed by atoms with E-state index in [1.807, 2.05) is 19.9 Å². The predicted molar refractivity (Wildman–Crippen MR) is 69.7 cm³/mol. The highest BCUT2D eigenvalue weighted by Gasteiger charge is 2.08. The lowest BCUT2D eigenvalue weighted by molar-refractivity contribution is -0.138.